The molecule has 20 heavy (non-hydrogen) atoms. The molecule has 0 aliphatic carbocycles. The van der Waals surface area contributed by atoms with Gasteiger partial charge in [0.15, 0.2) is 0 Å². The fourth-order valence-electron chi connectivity index (χ4n) is 2.63. The van der Waals surface area contributed by atoms with Crippen molar-refractivity contribution in [2.24, 2.45) is 0 Å². The number of hydrogen-bond donors (Lipinski definition) is 1. The summed E-state index contributed by atoms with van der Waals surface area (Å²) in [7, 11) is 0. The number of nitrogens with one attached hydrogen (secondary N) is 1. The standard InChI is InChI=1S/C15H14N4O/c16-9-11-8-13(18-10-11)15(20)19-7-3-5-14(19)12-4-1-2-6-17-12/h1-2,4,6,8,10,14,18H,3,5,7H2. The SMILES string of the molecule is N#Cc1c[nH]c(C(=O)N2CCCC2c2ccccn2)c1. The molecule has 0 spiro atoms. The first-order valence-corrected chi connectivity index (χ1v) is 6.60. The van der Waals surface area contributed by atoms with E-state index in [1.807, 2.05) is 29.2 Å². The molecular weight excluding hydrogens is 252 g/mol. The van der Waals surface area contributed by atoms with Crippen LogP contribution in [0.3, 0.4) is 0 Å². The first-order valence-electron chi connectivity index (χ1n) is 6.60. The number of amides is 1. The molecule has 1 aliphatic heterocycles. The molecule has 3 heterocycles. The lowest BCUT2D eigenvalue weighted by Crippen LogP contribution is -2.31. The van der Waals surface area contributed by atoms with Crippen molar-refractivity contribution in [2.75, 3.05) is 6.54 Å². The first-order chi connectivity index (χ1) is 9.79. The van der Waals surface area contributed by atoms with Gasteiger partial charge in [0.1, 0.15) is 11.8 Å². The lowest BCUT2D eigenvalue weighted by molar-refractivity contribution is 0.0727. The Morgan fingerprint density at radius 1 is 1.50 bits per heavy atom. The number of carbonyl (C=O) groups is 1. The number of aromatic amines is 1. The molecule has 0 bridgehead atoms. The van der Waals surface area contributed by atoms with Crippen molar-refractivity contribution in [3.05, 3.63) is 53.6 Å². The van der Waals surface area contributed by atoms with Crippen LogP contribution < -0.4 is 0 Å². The van der Waals surface area contributed by atoms with Crippen LogP contribution in [0.1, 0.15) is 40.6 Å². The predicted octanol–water partition coefficient (Wildman–Crippen LogP) is 2.26. The molecule has 1 fully saturated rings. The van der Waals surface area contributed by atoms with Gasteiger partial charge in [-0.2, -0.15) is 5.26 Å². The Bertz CT molecular complexity index is 656. The summed E-state index contributed by atoms with van der Waals surface area (Å²) < 4.78 is 0. The molecule has 100 valence electrons. The Kier molecular flexibility index (Phi) is 3.21. The van der Waals surface area contributed by atoms with E-state index in [9.17, 15) is 4.79 Å². The van der Waals surface area contributed by atoms with Crippen LogP contribution in [0.2, 0.25) is 0 Å². The minimum Gasteiger partial charge on any atom is -0.356 e. The Balaban J connectivity index is 1.85. The third-order valence-electron chi connectivity index (χ3n) is 3.59. The summed E-state index contributed by atoms with van der Waals surface area (Å²) in [5.74, 6) is -0.0698. The Hall–Kier alpha value is -2.61. The number of nitriles is 1. The number of carbonyl (C=O) groups excluding carboxylic acids is 1. The summed E-state index contributed by atoms with van der Waals surface area (Å²) >= 11 is 0. The van der Waals surface area contributed by atoms with Gasteiger partial charge in [0.2, 0.25) is 0 Å². The van der Waals surface area contributed by atoms with Crippen LogP contribution >= 0.6 is 0 Å². The number of pyridine rings is 1. The normalized spacial score (nSPS) is 17.9. The highest BCUT2D eigenvalue weighted by atomic mass is 16.2. The fourth-order valence-corrected chi connectivity index (χ4v) is 2.63. The topological polar surface area (TPSA) is 72.8 Å². The van der Waals surface area contributed by atoms with E-state index in [1.165, 1.54) is 0 Å². The van der Waals surface area contributed by atoms with Gasteiger partial charge in [-0.25, -0.2) is 0 Å². The van der Waals surface area contributed by atoms with Gasteiger partial charge in [-0.15, -0.1) is 0 Å². The van der Waals surface area contributed by atoms with Gasteiger partial charge >= 0.3 is 0 Å². The van der Waals surface area contributed by atoms with Crippen LogP contribution in [0.15, 0.2) is 36.7 Å². The van der Waals surface area contributed by atoms with Crippen LogP contribution in [0.4, 0.5) is 0 Å². The van der Waals surface area contributed by atoms with E-state index in [4.69, 9.17) is 5.26 Å². The predicted molar refractivity (Wildman–Crippen MR) is 72.8 cm³/mol. The van der Waals surface area contributed by atoms with Crippen LogP contribution in [0.25, 0.3) is 0 Å². The number of hydrogen-bond acceptors (Lipinski definition) is 3. The van der Waals surface area contributed by atoms with E-state index in [1.54, 1.807) is 18.5 Å². The van der Waals surface area contributed by atoms with Gasteiger partial charge < -0.3 is 9.88 Å². The summed E-state index contributed by atoms with van der Waals surface area (Å²) in [5.41, 5.74) is 1.86. The molecule has 3 rings (SSSR count). The number of H-pyrrole nitrogens is 1. The quantitative estimate of drug-likeness (QED) is 0.906. The number of aromatic nitrogens is 2. The van der Waals surface area contributed by atoms with Gasteiger partial charge in [-0.1, -0.05) is 6.07 Å². The van der Waals surface area contributed by atoms with Crippen molar-refractivity contribution in [3.8, 4) is 6.07 Å². The van der Waals surface area contributed by atoms with E-state index < -0.39 is 0 Å². The zero-order valence-corrected chi connectivity index (χ0v) is 10.9. The summed E-state index contributed by atoms with van der Waals surface area (Å²) in [6, 6.07) is 9.40. The van der Waals surface area contributed by atoms with Gasteiger partial charge in [0, 0.05) is 18.9 Å². The summed E-state index contributed by atoms with van der Waals surface area (Å²) in [6.45, 7) is 0.723. The van der Waals surface area contributed by atoms with Crippen molar-refractivity contribution in [2.45, 2.75) is 18.9 Å². The van der Waals surface area contributed by atoms with E-state index in [2.05, 4.69) is 9.97 Å². The monoisotopic (exact) mass is 266 g/mol. The smallest absolute Gasteiger partial charge is 0.270 e. The van der Waals surface area contributed by atoms with E-state index in [0.717, 1.165) is 25.1 Å². The second-order valence-electron chi connectivity index (χ2n) is 4.83. The highest BCUT2D eigenvalue weighted by Gasteiger charge is 2.31. The van der Waals surface area contributed by atoms with Crippen LogP contribution in [-0.2, 0) is 0 Å². The van der Waals surface area contributed by atoms with Gasteiger partial charge in [0.25, 0.3) is 5.91 Å². The van der Waals surface area contributed by atoms with Crippen LogP contribution in [-0.4, -0.2) is 27.3 Å². The molecule has 0 radical (unpaired) electrons. The van der Waals surface area contributed by atoms with Crippen LogP contribution in [0.5, 0.6) is 0 Å². The van der Waals surface area contributed by atoms with E-state index in [0.29, 0.717) is 11.3 Å². The number of nitrogens with zero attached hydrogens (tertiary/aromatic N) is 3. The molecule has 1 saturated heterocycles. The highest BCUT2D eigenvalue weighted by molar-refractivity contribution is 5.93. The second-order valence-corrected chi connectivity index (χ2v) is 4.83. The molecule has 5 heteroatoms. The molecule has 0 aromatic carbocycles. The minimum absolute atomic E-state index is 0.0255. The second kappa shape index (κ2) is 5.17. The van der Waals surface area contributed by atoms with Gasteiger partial charge in [0.05, 0.1) is 17.3 Å². The van der Waals surface area contributed by atoms with E-state index in [-0.39, 0.29) is 11.9 Å². The fraction of sp³-hybridized carbons (Fsp3) is 0.267. The minimum atomic E-state index is -0.0698. The molecule has 1 amide bonds. The lowest BCUT2D eigenvalue weighted by atomic mass is 10.1. The van der Waals surface area contributed by atoms with Crippen molar-refractivity contribution in [3.63, 3.8) is 0 Å². The van der Waals surface area contributed by atoms with Crippen molar-refractivity contribution in [1.82, 2.24) is 14.9 Å². The van der Waals surface area contributed by atoms with Gasteiger partial charge in [-0.3, -0.25) is 9.78 Å². The molecule has 1 N–H and O–H groups in total. The largest absolute Gasteiger partial charge is 0.356 e. The maximum atomic E-state index is 12.5. The van der Waals surface area contributed by atoms with Crippen molar-refractivity contribution >= 4 is 5.91 Å². The average Bonchev–Trinajstić information content (AvgIpc) is 3.16. The summed E-state index contributed by atoms with van der Waals surface area (Å²) in [4.78, 5) is 21.6. The Labute approximate surface area is 116 Å². The van der Waals surface area contributed by atoms with E-state index >= 15 is 0 Å². The Morgan fingerprint density at radius 2 is 2.40 bits per heavy atom. The van der Waals surface area contributed by atoms with Crippen LogP contribution in [0, 0.1) is 11.3 Å². The molecule has 5 nitrogen and oxygen atoms in total. The maximum absolute atomic E-state index is 12.5. The first kappa shape index (κ1) is 12.4. The molecular formula is C15H14N4O. The average molecular weight is 266 g/mol. The molecule has 2 aromatic heterocycles. The highest BCUT2D eigenvalue weighted by Crippen LogP contribution is 2.31. The third kappa shape index (κ3) is 2.16. The molecule has 1 unspecified atom stereocenters. The molecule has 0 saturated carbocycles. The summed E-state index contributed by atoms with van der Waals surface area (Å²) in [5, 5.41) is 8.82. The number of rotatable bonds is 2. The lowest BCUT2D eigenvalue weighted by Gasteiger charge is -2.23. The van der Waals surface area contributed by atoms with Crippen molar-refractivity contribution < 1.29 is 4.79 Å². The third-order valence-corrected chi connectivity index (χ3v) is 3.59. The molecule has 1 aliphatic rings. The number of likely N-dealkylation sites (tertiary alicyclic amines) is 1. The molecule has 2 aromatic rings. The van der Waals surface area contributed by atoms with Crippen molar-refractivity contribution in [1.29, 1.82) is 5.26 Å². The molecule has 1 atom stereocenters. The maximum Gasteiger partial charge on any atom is 0.270 e. The zero-order chi connectivity index (χ0) is 13.9. The van der Waals surface area contributed by atoms with Gasteiger partial charge in [-0.05, 0) is 31.0 Å². The summed E-state index contributed by atoms with van der Waals surface area (Å²) in [6.07, 6.45) is 5.20. The Morgan fingerprint density at radius 3 is 3.10 bits per heavy atom. The zero-order valence-electron chi connectivity index (χ0n) is 10.9.